The maximum atomic E-state index is 12.3. The molecule has 0 fully saturated rings. The highest BCUT2D eigenvalue weighted by Gasteiger charge is 2.44. The van der Waals surface area contributed by atoms with Gasteiger partial charge in [-0.3, -0.25) is 4.79 Å². The Kier molecular flexibility index (Phi) is 2.58. The van der Waals surface area contributed by atoms with Gasteiger partial charge in [-0.2, -0.15) is 13.2 Å². The molecule has 0 spiro atoms. The molecule has 0 aliphatic carbocycles. The van der Waals surface area contributed by atoms with Gasteiger partial charge in [0.25, 0.3) is 0 Å². The van der Waals surface area contributed by atoms with Gasteiger partial charge in [-0.05, 0) is 30.2 Å². The van der Waals surface area contributed by atoms with Crippen LogP contribution in [-0.2, 0) is 11.2 Å². The number of carbonyl (C=O) groups excluding carboxylic acids is 1. The van der Waals surface area contributed by atoms with E-state index in [1.165, 1.54) is 12.1 Å². The number of amides is 1. The highest BCUT2D eigenvalue weighted by Crippen LogP contribution is 2.33. The first-order chi connectivity index (χ1) is 7.39. The molecule has 2 rings (SSSR count). The van der Waals surface area contributed by atoms with E-state index in [1.807, 2.05) is 0 Å². The normalized spacial score (nSPS) is 15.1. The van der Waals surface area contributed by atoms with E-state index in [2.05, 4.69) is 0 Å². The van der Waals surface area contributed by atoms with Gasteiger partial charge in [0.2, 0.25) is 0 Å². The second kappa shape index (κ2) is 3.66. The van der Waals surface area contributed by atoms with E-state index in [-0.39, 0.29) is 6.54 Å². The molecule has 1 aliphatic heterocycles. The van der Waals surface area contributed by atoms with Crippen molar-refractivity contribution in [2.45, 2.75) is 12.6 Å². The van der Waals surface area contributed by atoms with Gasteiger partial charge in [0.15, 0.2) is 0 Å². The molecule has 6 heteroatoms. The largest absolute Gasteiger partial charge is 0.471 e. The summed E-state index contributed by atoms with van der Waals surface area (Å²) in [5, 5.41) is 0.458. The average Bonchev–Trinajstić information content (AvgIpc) is 2.57. The molecule has 16 heavy (non-hydrogen) atoms. The summed E-state index contributed by atoms with van der Waals surface area (Å²) in [7, 11) is 0. The molecule has 0 aromatic heterocycles. The Labute approximate surface area is 94.6 Å². The highest BCUT2D eigenvalue weighted by atomic mass is 35.5. The number of hydrogen-bond acceptors (Lipinski definition) is 1. The third-order valence-corrected chi connectivity index (χ3v) is 2.66. The molecule has 0 radical (unpaired) electrons. The summed E-state index contributed by atoms with van der Waals surface area (Å²) in [5.74, 6) is -1.83. The first-order valence-electron chi connectivity index (χ1n) is 4.57. The molecule has 0 atom stereocenters. The number of benzene rings is 1. The minimum absolute atomic E-state index is 0.0496. The molecule has 1 aromatic rings. The fraction of sp³-hybridized carbons (Fsp3) is 0.300. The molecule has 0 bridgehead atoms. The summed E-state index contributed by atoms with van der Waals surface area (Å²) in [5.41, 5.74) is 0.969. The monoisotopic (exact) mass is 249 g/mol. The van der Waals surface area contributed by atoms with Crippen molar-refractivity contribution in [2.75, 3.05) is 11.4 Å². The van der Waals surface area contributed by atoms with Gasteiger partial charge in [0.1, 0.15) is 0 Å². The van der Waals surface area contributed by atoms with Crippen molar-refractivity contribution in [2.24, 2.45) is 0 Å². The topological polar surface area (TPSA) is 20.3 Å². The van der Waals surface area contributed by atoms with Crippen molar-refractivity contribution < 1.29 is 18.0 Å². The lowest BCUT2D eigenvalue weighted by Crippen LogP contribution is -2.40. The standard InChI is InChI=1S/C10H7ClF3NO/c11-7-1-2-8-6(5-7)3-4-15(8)9(16)10(12,13)14/h1-2,5H,3-4H2. The maximum Gasteiger partial charge on any atom is 0.471 e. The minimum atomic E-state index is -4.83. The van der Waals surface area contributed by atoms with E-state index in [4.69, 9.17) is 11.6 Å². The van der Waals surface area contributed by atoms with Crippen LogP contribution >= 0.6 is 11.6 Å². The van der Waals surface area contributed by atoms with E-state index in [9.17, 15) is 18.0 Å². The molecule has 1 aromatic carbocycles. The minimum Gasteiger partial charge on any atom is -0.304 e. The van der Waals surface area contributed by atoms with Crippen molar-refractivity contribution in [3.05, 3.63) is 28.8 Å². The first-order valence-corrected chi connectivity index (χ1v) is 4.94. The zero-order valence-corrected chi connectivity index (χ0v) is 8.77. The Balaban J connectivity index is 2.34. The predicted molar refractivity (Wildman–Crippen MR) is 53.6 cm³/mol. The summed E-state index contributed by atoms with van der Waals surface area (Å²) in [6, 6.07) is 4.50. The van der Waals surface area contributed by atoms with E-state index < -0.39 is 12.1 Å². The lowest BCUT2D eigenvalue weighted by Gasteiger charge is -2.18. The van der Waals surface area contributed by atoms with Crippen LogP contribution in [0.1, 0.15) is 5.56 Å². The SMILES string of the molecule is O=C(N1CCc2cc(Cl)ccc21)C(F)(F)F. The third kappa shape index (κ3) is 1.87. The molecule has 0 N–H and O–H groups in total. The molecule has 1 aliphatic rings. The van der Waals surface area contributed by atoms with Gasteiger partial charge < -0.3 is 4.90 Å². The summed E-state index contributed by atoms with van der Waals surface area (Å²) < 4.78 is 36.8. The second-order valence-electron chi connectivity index (χ2n) is 3.48. The van der Waals surface area contributed by atoms with Crippen LogP contribution in [0, 0.1) is 0 Å². The number of fused-ring (bicyclic) bond motifs is 1. The van der Waals surface area contributed by atoms with Crippen LogP contribution in [0.15, 0.2) is 18.2 Å². The number of alkyl halides is 3. The van der Waals surface area contributed by atoms with Gasteiger partial charge in [-0.15, -0.1) is 0 Å². The molecule has 0 unspecified atom stereocenters. The Morgan fingerprint density at radius 2 is 2.06 bits per heavy atom. The maximum absolute atomic E-state index is 12.3. The fourth-order valence-electron chi connectivity index (χ4n) is 1.73. The lowest BCUT2D eigenvalue weighted by atomic mass is 10.2. The molecule has 1 amide bonds. The molecule has 86 valence electrons. The van der Waals surface area contributed by atoms with Crippen LogP contribution < -0.4 is 4.90 Å². The predicted octanol–water partition coefficient (Wildman–Crippen LogP) is 2.79. The zero-order valence-electron chi connectivity index (χ0n) is 8.01. The van der Waals surface area contributed by atoms with Gasteiger partial charge in [0, 0.05) is 17.3 Å². The van der Waals surface area contributed by atoms with Crippen LogP contribution in [0.3, 0.4) is 0 Å². The van der Waals surface area contributed by atoms with E-state index >= 15 is 0 Å². The Hall–Kier alpha value is -1.23. The molecular formula is C10H7ClF3NO. The average molecular weight is 250 g/mol. The fourth-order valence-corrected chi connectivity index (χ4v) is 1.93. The van der Waals surface area contributed by atoms with Crippen molar-refractivity contribution in [1.82, 2.24) is 0 Å². The summed E-state index contributed by atoms with van der Waals surface area (Å²) in [6.07, 6.45) is -4.43. The molecule has 1 heterocycles. The van der Waals surface area contributed by atoms with Crippen molar-refractivity contribution in [3.8, 4) is 0 Å². The van der Waals surface area contributed by atoms with Crippen LogP contribution in [-0.4, -0.2) is 18.6 Å². The van der Waals surface area contributed by atoms with Gasteiger partial charge in [-0.25, -0.2) is 0 Å². The van der Waals surface area contributed by atoms with Gasteiger partial charge >= 0.3 is 12.1 Å². The summed E-state index contributed by atoms with van der Waals surface area (Å²) >= 11 is 5.71. The van der Waals surface area contributed by atoms with E-state index in [1.54, 1.807) is 6.07 Å². The number of anilines is 1. The third-order valence-electron chi connectivity index (χ3n) is 2.42. The zero-order chi connectivity index (χ0) is 11.9. The van der Waals surface area contributed by atoms with Crippen LogP contribution in [0.5, 0.6) is 0 Å². The second-order valence-corrected chi connectivity index (χ2v) is 3.91. The Morgan fingerprint density at radius 3 is 2.69 bits per heavy atom. The number of halogens is 4. The van der Waals surface area contributed by atoms with Crippen LogP contribution in [0.2, 0.25) is 5.02 Å². The van der Waals surface area contributed by atoms with Gasteiger partial charge in [0.05, 0.1) is 0 Å². The summed E-state index contributed by atoms with van der Waals surface area (Å²) in [4.78, 5) is 11.8. The van der Waals surface area contributed by atoms with Gasteiger partial charge in [-0.1, -0.05) is 11.6 Å². The van der Waals surface area contributed by atoms with Crippen LogP contribution in [0.25, 0.3) is 0 Å². The Bertz CT molecular complexity index is 444. The highest BCUT2D eigenvalue weighted by molar-refractivity contribution is 6.30. The van der Waals surface area contributed by atoms with Crippen molar-refractivity contribution in [1.29, 1.82) is 0 Å². The van der Waals surface area contributed by atoms with Crippen LogP contribution in [0.4, 0.5) is 18.9 Å². The molecule has 2 nitrogen and oxygen atoms in total. The number of nitrogens with zero attached hydrogens (tertiary/aromatic N) is 1. The Morgan fingerprint density at radius 1 is 1.38 bits per heavy atom. The number of rotatable bonds is 0. The quantitative estimate of drug-likeness (QED) is 0.692. The summed E-state index contributed by atoms with van der Waals surface area (Å²) in [6.45, 7) is 0.0496. The smallest absolute Gasteiger partial charge is 0.304 e. The van der Waals surface area contributed by atoms with E-state index in [0.29, 0.717) is 22.7 Å². The number of carbonyl (C=O) groups is 1. The number of hydrogen-bond donors (Lipinski definition) is 0. The lowest BCUT2D eigenvalue weighted by molar-refractivity contribution is -0.170. The van der Waals surface area contributed by atoms with Crippen molar-refractivity contribution in [3.63, 3.8) is 0 Å². The van der Waals surface area contributed by atoms with Crippen molar-refractivity contribution >= 4 is 23.2 Å². The first kappa shape index (κ1) is 11.3. The van der Waals surface area contributed by atoms with E-state index in [0.717, 1.165) is 4.90 Å². The molecule has 0 saturated heterocycles. The molecule has 0 saturated carbocycles. The molecular weight excluding hydrogens is 243 g/mol.